The van der Waals surface area contributed by atoms with Gasteiger partial charge in [-0.1, -0.05) is 55.0 Å². The highest BCUT2D eigenvalue weighted by Crippen LogP contribution is 2.32. The van der Waals surface area contributed by atoms with Crippen molar-refractivity contribution >= 4 is 17.6 Å². The van der Waals surface area contributed by atoms with E-state index in [0.29, 0.717) is 13.1 Å². The molecule has 0 bridgehead atoms. The van der Waals surface area contributed by atoms with Crippen LogP contribution in [0.2, 0.25) is 0 Å². The number of anilines is 1. The third kappa shape index (κ3) is 4.69. The Hall–Kier alpha value is -3.54. The fourth-order valence-electron chi connectivity index (χ4n) is 4.25. The number of nitrogens with zero attached hydrogens (tertiary/aromatic N) is 3. The van der Waals surface area contributed by atoms with Crippen molar-refractivity contribution < 1.29 is 9.59 Å². The van der Waals surface area contributed by atoms with E-state index in [4.69, 9.17) is 0 Å². The summed E-state index contributed by atoms with van der Waals surface area (Å²) >= 11 is 0. The summed E-state index contributed by atoms with van der Waals surface area (Å²) in [6.45, 7) is 6.00. The average Bonchev–Trinajstić information content (AvgIpc) is 3.28. The molecule has 1 unspecified atom stereocenters. The normalized spacial score (nSPS) is 15.2. The summed E-state index contributed by atoms with van der Waals surface area (Å²) in [5.41, 5.74) is 4.09. The van der Waals surface area contributed by atoms with E-state index in [-0.39, 0.29) is 24.5 Å². The van der Waals surface area contributed by atoms with Crippen LogP contribution in [0.5, 0.6) is 0 Å². The number of aryl methyl sites for hydroxylation is 1. The Kier molecular flexibility index (Phi) is 6.59. The Bertz CT molecular complexity index is 1060. The number of para-hydroxylation sites is 1. The number of amides is 3. The highest BCUT2D eigenvalue weighted by molar-refractivity contribution is 5.92. The molecule has 2 aromatic carbocycles. The molecule has 2 heterocycles. The van der Waals surface area contributed by atoms with Gasteiger partial charge in [-0.3, -0.25) is 4.79 Å². The number of carbonyl (C=O) groups excluding carboxylic acids is 2. The summed E-state index contributed by atoms with van der Waals surface area (Å²) in [6.07, 6.45) is 2.84. The van der Waals surface area contributed by atoms with Gasteiger partial charge in [0.2, 0.25) is 5.91 Å². The summed E-state index contributed by atoms with van der Waals surface area (Å²) in [4.78, 5) is 29.9. The molecule has 1 aliphatic heterocycles. The van der Waals surface area contributed by atoms with Crippen LogP contribution in [-0.4, -0.2) is 45.9 Å². The molecule has 3 amide bonds. The van der Waals surface area contributed by atoms with Gasteiger partial charge < -0.3 is 19.7 Å². The molecule has 0 radical (unpaired) electrons. The van der Waals surface area contributed by atoms with E-state index >= 15 is 0 Å². The Morgan fingerprint density at radius 3 is 2.47 bits per heavy atom. The van der Waals surface area contributed by atoms with Crippen LogP contribution in [0.1, 0.15) is 36.2 Å². The predicted molar refractivity (Wildman–Crippen MR) is 126 cm³/mol. The second-order valence-electron chi connectivity index (χ2n) is 8.24. The van der Waals surface area contributed by atoms with Crippen LogP contribution in [0.3, 0.4) is 0 Å². The number of hydrogen-bond acceptors (Lipinski definition) is 2. The number of hydrogen-bond donors (Lipinski definition) is 1. The van der Waals surface area contributed by atoms with Crippen LogP contribution in [0.15, 0.2) is 72.9 Å². The van der Waals surface area contributed by atoms with Gasteiger partial charge in [0.25, 0.3) is 0 Å². The number of fused-ring (bicyclic) bond motifs is 1. The number of nitrogens with one attached hydrogen (secondary N) is 1. The fraction of sp³-hybridized carbons (Fsp3) is 0.308. The number of carbonyl (C=O) groups is 2. The lowest BCUT2D eigenvalue weighted by Gasteiger charge is -2.38. The molecule has 1 aromatic heterocycles. The first-order chi connectivity index (χ1) is 15.6. The van der Waals surface area contributed by atoms with E-state index in [9.17, 15) is 9.59 Å². The Morgan fingerprint density at radius 2 is 1.75 bits per heavy atom. The minimum Gasteiger partial charge on any atom is -0.348 e. The summed E-state index contributed by atoms with van der Waals surface area (Å²) < 4.78 is 2.21. The molecule has 0 spiro atoms. The van der Waals surface area contributed by atoms with Crippen molar-refractivity contribution in [3.05, 3.63) is 89.7 Å². The minimum absolute atomic E-state index is 0.0420. The molecule has 3 aromatic rings. The van der Waals surface area contributed by atoms with Gasteiger partial charge in [-0.25, -0.2) is 4.79 Å². The zero-order valence-electron chi connectivity index (χ0n) is 18.7. The van der Waals surface area contributed by atoms with E-state index in [1.54, 1.807) is 4.90 Å². The molecule has 1 atom stereocenters. The van der Waals surface area contributed by atoms with Crippen molar-refractivity contribution in [2.45, 2.75) is 32.9 Å². The molecule has 32 heavy (non-hydrogen) atoms. The maximum Gasteiger partial charge on any atom is 0.322 e. The number of aromatic nitrogens is 1. The van der Waals surface area contributed by atoms with Crippen molar-refractivity contribution in [3.8, 4) is 0 Å². The summed E-state index contributed by atoms with van der Waals surface area (Å²) in [5.74, 6) is -0.0420. The monoisotopic (exact) mass is 430 g/mol. The Morgan fingerprint density at radius 1 is 1.00 bits per heavy atom. The van der Waals surface area contributed by atoms with Gasteiger partial charge in [0, 0.05) is 37.2 Å². The lowest BCUT2D eigenvalue weighted by molar-refractivity contribution is -0.134. The molecule has 4 rings (SSSR count). The molecule has 0 saturated heterocycles. The molecule has 0 saturated carbocycles. The van der Waals surface area contributed by atoms with E-state index in [1.807, 2.05) is 48.2 Å². The maximum atomic E-state index is 13.5. The van der Waals surface area contributed by atoms with E-state index in [2.05, 4.69) is 53.3 Å². The molecule has 1 N–H and O–H groups in total. The third-order valence-corrected chi connectivity index (χ3v) is 5.88. The fourth-order valence-corrected chi connectivity index (χ4v) is 4.25. The highest BCUT2D eigenvalue weighted by Gasteiger charge is 2.33. The smallest absolute Gasteiger partial charge is 0.322 e. The molecule has 6 heteroatoms. The largest absolute Gasteiger partial charge is 0.348 e. The van der Waals surface area contributed by atoms with Crippen molar-refractivity contribution in [1.29, 1.82) is 0 Å². The summed E-state index contributed by atoms with van der Waals surface area (Å²) in [7, 11) is 0. The van der Waals surface area contributed by atoms with Gasteiger partial charge in [-0.2, -0.15) is 0 Å². The standard InChI is InChI=1S/C26H30N4O2/c1-3-15-29(26(32)27-22-8-5-4-6-9-22)19-24(31)30-18-17-28-16-7-10-23(28)25(30)21-13-11-20(2)12-14-21/h4-14,16,25H,3,15,17-19H2,1-2H3,(H,27,32). The van der Waals surface area contributed by atoms with Crippen LogP contribution < -0.4 is 5.32 Å². The Labute approximate surface area is 189 Å². The first kappa shape index (κ1) is 21.7. The first-order valence-electron chi connectivity index (χ1n) is 11.2. The third-order valence-electron chi connectivity index (χ3n) is 5.88. The average molecular weight is 431 g/mol. The molecular weight excluding hydrogens is 400 g/mol. The van der Waals surface area contributed by atoms with Crippen LogP contribution in [0.25, 0.3) is 0 Å². The molecule has 166 valence electrons. The number of urea groups is 1. The zero-order chi connectivity index (χ0) is 22.5. The summed E-state index contributed by atoms with van der Waals surface area (Å²) in [5, 5.41) is 2.91. The first-order valence-corrected chi connectivity index (χ1v) is 11.2. The van der Waals surface area contributed by atoms with Crippen LogP contribution in [-0.2, 0) is 11.3 Å². The van der Waals surface area contributed by atoms with Gasteiger partial charge in [0.15, 0.2) is 0 Å². The van der Waals surface area contributed by atoms with Gasteiger partial charge >= 0.3 is 6.03 Å². The zero-order valence-corrected chi connectivity index (χ0v) is 18.7. The second-order valence-corrected chi connectivity index (χ2v) is 8.24. The van der Waals surface area contributed by atoms with Gasteiger partial charge in [0.05, 0.1) is 6.04 Å². The number of benzene rings is 2. The van der Waals surface area contributed by atoms with Crippen LogP contribution in [0, 0.1) is 6.92 Å². The lowest BCUT2D eigenvalue weighted by atomic mass is 9.98. The quantitative estimate of drug-likeness (QED) is 0.618. The van der Waals surface area contributed by atoms with Crippen LogP contribution in [0.4, 0.5) is 10.5 Å². The molecule has 1 aliphatic rings. The summed E-state index contributed by atoms with van der Waals surface area (Å²) in [6, 6.07) is 21.4. The molecule has 0 aliphatic carbocycles. The predicted octanol–water partition coefficient (Wildman–Crippen LogP) is 4.67. The number of rotatable bonds is 6. The van der Waals surface area contributed by atoms with Crippen molar-refractivity contribution in [3.63, 3.8) is 0 Å². The molecular formula is C26H30N4O2. The van der Waals surface area contributed by atoms with E-state index in [0.717, 1.165) is 29.9 Å². The van der Waals surface area contributed by atoms with Gasteiger partial charge in [-0.05, 0) is 43.2 Å². The highest BCUT2D eigenvalue weighted by atomic mass is 16.2. The maximum absolute atomic E-state index is 13.5. The van der Waals surface area contributed by atoms with E-state index in [1.165, 1.54) is 5.56 Å². The molecule has 6 nitrogen and oxygen atoms in total. The van der Waals surface area contributed by atoms with Gasteiger partial charge in [0.1, 0.15) is 6.54 Å². The van der Waals surface area contributed by atoms with E-state index < -0.39 is 0 Å². The van der Waals surface area contributed by atoms with Crippen LogP contribution >= 0.6 is 0 Å². The molecule has 0 fully saturated rings. The van der Waals surface area contributed by atoms with Gasteiger partial charge in [-0.15, -0.1) is 0 Å². The lowest BCUT2D eigenvalue weighted by Crippen LogP contribution is -2.48. The van der Waals surface area contributed by atoms with Crippen molar-refractivity contribution in [2.24, 2.45) is 0 Å². The second kappa shape index (κ2) is 9.73. The topological polar surface area (TPSA) is 57.6 Å². The van der Waals surface area contributed by atoms with Crippen molar-refractivity contribution in [2.75, 3.05) is 25.0 Å². The van der Waals surface area contributed by atoms with Crippen molar-refractivity contribution in [1.82, 2.24) is 14.4 Å². The SMILES string of the molecule is CCCN(CC(=O)N1CCn2cccc2C1c1ccc(C)cc1)C(=O)Nc1ccccc1. The minimum atomic E-state index is -0.251. The Balaban J connectivity index is 1.55.